The van der Waals surface area contributed by atoms with Crippen LogP contribution in [0.25, 0.3) is 0 Å². The molecule has 0 bridgehead atoms. The number of amides is 1. The van der Waals surface area contributed by atoms with E-state index in [1.807, 2.05) is 0 Å². The highest BCUT2D eigenvalue weighted by Crippen LogP contribution is 2.35. The molecule has 2 fully saturated rings. The molecule has 3 nitrogen and oxygen atoms in total. The molecule has 0 aliphatic heterocycles. The van der Waals surface area contributed by atoms with Gasteiger partial charge in [0.05, 0.1) is 5.54 Å². The molecule has 2 rings (SSSR count). The molecule has 92 valence electrons. The predicted molar refractivity (Wildman–Crippen MR) is 64.9 cm³/mol. The van der Waals surface area contributed by atoms with E-state index >= 15 is 0 Å². The second-order valence-electron chi connectivity index (χ2n) is 5.84. The molecule has 2 aliphatic rings. The van der Waals surface area contributed by atoms with Crippen molar-refractivity contribution < 1.29 is 4.79 Å². The molecule has 2 saturated carbocycles. The fourth-order valence-corrected chi connectivity index (χ4v) is 2.99. The fraction of sp³-hybridized carbons (Fsp3) is 0.923. The Hall–Kier alpha value is -0.570. The van der Waals surface area contributed by atoms with Gasteiger partial charge in [-0.05, 0) is 31.1 Å². The average Bonchev–Trinajstić information content (AvgIpc) is 2.96. The van der Waals surface area contributed by atoms with E-state index in [-0.39, 0.29) is 5.91 Å². The minimum atomic E-state index is -0.585. The molecule has 0 radical (unpaired) electrons. The first-order chi connectivity index (χ1) is 7.55. The Morgan fingerprint density at radius 3 is 2.88 bits per heavy atom. The Morgan fingerprint density at radius 2 is 2.31 bits per heavy atom. The lowest BCUT2D eigenvalue weighted by molar-refractivity contribution is -0.128. The lowest BCUT2D eigenvalue weighted by atomic mass is 9.76. The molecule has 0 heterocycles. The topological polar surface area (TPSA) is 55.1 Å². The highest BCUT2D eigenvalue weighted by Gasteiger charge is 2.43. The van der Waals surface area contributed by atoms with Gasteiger partial charge in [-0.1, -0.05) is 33.1 Å². The van der Waals surface area contributed by atoms with Crippen LogP contribution in [0.4, 0.5) is 0 Å². The molecule has 0 spiro atoms. The Morgan fingerprint density at radius 1 is 1.56 bits per heavy atom. The zero-order valence-electron chi connectivity index (χ0n) is 10.5. The highest BCUT2D eigenvalue weighted by atomic mass is 16.2. The monoisotopic (exact) mass is 224 g/mol. The van der Waals surface area contributed by atoms with E-state index in [2.05, 4.69) is 19.2 Å². The first-order valence-electron chi connectivity index (χ1n) is 6.65. The quantitative estimate of drug-likeness (QED) is 0.768. The third kappa shape index (κ3) is 2.40. The third-order valence-electron chi connectivity index (χ3n) is 4.25. The molecule has 4 atom stereocenters. The number of hydrogen-bond acceptors (Lipinski definition) is 2. The summed E-state index contributed by atoms with van der Waals surface area (Å²) in [7, 11) is 0. The maximum absolute atomic E-state index is 12.1. The van der Waals surface area contributed by atoms with E-state index < -0.39 is 5.54 Å². The second-order valence-corrected chi connectivity index (χ2v) is 5.84. The number of rotatable bonds is 3. The van der Waals surface area contributed by atoms with Crippen molar-refractivity contribution in [3.8, 4) is 0 Å². The van der Waals surface area contributed by atoms with Crippen LogP contribution in [0.15, 0.2) is 0 Å². The first kappa shape index (κ1) is 11.9. The molecule has 0 aromatic heterocycles. The van der Waals surface area contributed by atoms with Crippen molar-refractivity contribution in [2.75, 3.05) is 0 Å². The summed E-state index contributed by atoms with van der Waals surface area (Å²) >= 11 is 0. The fourth-order valence-electron chi connectivity index (χ4n) is 2.99. The minimum absolute atomic E-state index is 0.0972. The molecule has 1 amide bonds. The summed E-state index contributed by atoms with van der Waals surface area (Å²) in [4.78, 5) is 12.1. The van der Waals surface area contributed by atoms with E-state index in [0.717, 1.165) is 25.7 Å². The zero-order chi connectivity index (χ0) is 11.8. The molecule has 0 saturated heterocycles. The molecular weight excluding hydrogens is 200 g/mol. The van der Waals surface area contributed by atoms with E-state index in [0.29, 0.717) is 17.9 Å². The number of nitrogens with two attached hydrogens (primary N) is 1. The second kappa shape index (κ2) is 4.36. The molecule has 3 heteroatoms. The van der Waals surface area contributed by atoms with Crippen molar-refractivity contribution in [3.05, 3.63) is 0 Å². The Labute approximate surface area is 98.2 Å². The van der Waals surface area contributed by atoms with E-state index in [9.17, 15) is 4.79 Å². The van der Waals surface area contributed by atoms with Gasteiger partial charge in [-0.25, -0.2) is 0 Å². The summed E-state index contributed by atoms with van der Waals surface area (Å²) < 4.78 is 0. The predicted octanol–water partition coefficient (Wildman–Crippen LogP) is 1.81. The number of carbonyl (C=O) groups is 1. The van der Waals surface area contributed by atoms with Crippen molar-refractivity contribution >= 4 is 5.91 Å². The molecule has 0 aromatic carbocycles. The van der Waals surface area contributed by atoms with Gasteiger partial charge in [0.25, 0.3) is 0 Å². The maximum Gasteiger partial charge on any atom is 0.240 e. The van der Waals surface area contributed by atoms with Crippen molar-refractivity contribution in [1.29, 1.82) is 0 Å². The van der Waals surface area contributed by atoms with Crippen LogP contribution in [-0.4, -0.2) is 17.5 Å². The van der Waals surface area contributed by atoms with Crippen LogP contribution in [0.5, 0.6) is 0 Å². The zero-order valence-corrected chi connectivity index (χ0v) is 10.5. The van der Waals surface area contributed by atoms with Gasteiger partial charge in [-0.2, -0.15) is 0 Å². The lowest BCUT2D eigenvalue weighted by Crippen LogP contribution is -2.56. The smallest absolute Gasteiger partial charge is 0.240 e. The Kier molecular flexibility index (Phi) is 3.24. The Balaban J connectivity index is 1.88. The van der Waals surface area contributed by atoms with Crippen molar-refractivity contribution in [1.82, 2.24) is 5.32 Å². The van der Waals surface area contributed by atoms with Gasteiger partial charge < -0.3 is 11.1 Å². The van der Waals surface area contributed by atoms with Gasteiger partial charge in [-0.15, -0.1) is 0 Å². The van der Waals surface area contributed by atoms with Crippen molar-refractivity contribution in [3.63, 3.8) is 0 Å². The minimum Gasteiger partial charge on any atom is -0.351 e. The molecule has 0 aromatic rings. The van der Waals surface area contributed by atoms with Crippen LogP contribution in [0.2, 0.25) is 0 Å². The van der Waals surface area contributed by atoms with E-state index in [4.69, 9.17) is 5.73 Å². The summed E-state index contributed by atoms with van der Waals surface area (Å²) in [6.45, 7) is 4.37. The molecule has 2 aliphatic carbocycles. The Bertz CT molecular complexity index is 279. The molecular formula is C13H24N2O. The van der Waals surface area contributed by atoms with Crippen LogP contribution >= 0.6 is 0 Å². The summed E-state index contributed by atoms with van der Waals surface area (Å²) in [5.41, 5.74) is 5.66. The number of hydrogen-bond donors (Lipinski definition) is 2. The van der Waals surface area contributed by atoms with Gasteiger partial charge in [0.1, 0.15) is 0 Å². The molecule has 3 N–H and O–H groups in total. The van der Waals surface area contributed by atoms with E-state index in [1.54, 1.807) is 0 Å². The molecule has 16 heavy (non-hydrogen) atoms. The number of carbonyl (C=O) groups excluding carboxylic acids is 1. The summed E-state index contributed by atoms with van der Waals surface area (Å²) in [6, 6.07) is 0.412. The van der Waals surface area contributed by atoms with Crippen LogP contribution in [-0.2, 0) is 4.79 Å². The first-order valence-corrected chi connectivity index (χ1v) is 6.65. The standard InChI is InChI=1S/C13H24N2O/c1-3-10-7-11(10)15-12(16)13(14)6-4-5-9(2)8-13/h9-11H,3-8,14H2,1-2H3,(H,15,16). The van der Waals surface area contributed by atoms with Gasteiger partial charge >= 0.3 is 0 Å². The summed E-state index contributed by atoms with van der Waals surface area (Å²) in [6.07, 6.45) is 6.32. The van der Waals surface area contributed by atoms with Crippen LogP contribution in [0.3, 0.4) is 0 Å². The molecule has 4 unspecified atom stereocenters. The normalized spacial score (nSPS) is 42.8. The van der Waals surface area contributed by atoms with Gasteiger partial charge in [-0.3, -0.25) is 4.79 Å². The average molecular weight is 224 g/mol. The van der Waals surface area contributed by atoms with E-state index in [1.165, 1.54) is 12.8 Å². The van der Waals surface area contributed by atoms with Crippen molar-refractivity contribution in [2.24, 2.45) is 17.6 Å². The summed E-state index contributed by atoms with van der Waals surface area (Å²) in [5, 5.41) is 3.12. The SMILES string of the molecule is CCC1CC1NC(=O)C1(N)CCCC(C)C1. The maximum atomic E-state index is 12.1. The highest BCUT2D eigenvalue weighted by molar-refractivity contribution is 5.86. The van der Waals surface area contributed by atoms with Crippen LogP contribution < -0.4 is 11.1 Å². The van der Waals surface area contributed by atoms with Crippen LogP contribution in [0, 0.1) is 11.8 Å². The van der Waals surface area contributed by atoms with Crippen molar-refractivity contribution in [2.45, 2.75) is 64.0 Å². The summed E-state index contributed by atoms with van der Waals surface area (Å²) in [5.74, 6) is 1.39. The van der Waals surface area contributed by atoms with Gasteiger partial charge in [0, 0.05) is 6.04 Å². The third-order valence-corrected chi connectivity index (χ3v) is 4.25. The van der Waals surface area contributed by atoms with Gasteiger partial charge in [0.2, 0.25) is 5.91 Å². The largest absolute Gasteiger partial charge is 0.351 e. The van der Waals surface area contributed by atoms with Gasteiger partial charge in [0.15, 0.2) is 0 Å². The number of nitrogens with one attached hydrogen (secondary N) is 1. The van der Waals surface area contributed by atoms with Crippen LogP contribution in [0.1, 0.15) is 52.4 Å². The lowest BCUT2D eigenvalue weighted by Gasteiger charge is -2.35.